The molecule has 4 heteroatoms. The highest BCUT2D eigenvalue weighted by molar-refractivity contribution is 6.23. The third-order valence-corrected chi connectivity index (χ3v) is 3.00. The molecule has 90 valence electrons. The minimum atomic E-state index is -0.407. The summed E-state index contributed by atoms with van der Waals surface area (Å²) in [7, 11) is 0. The number of halogens is 1. The first kappa shape index (κ1) is 12.1. The molecule has 0 fully saturated rings. The SMILES string of the molecule is CC(C)(Cl)CCN1C(=O)c2ccccc2C1=O. The number of benzene rings is 1. The number of alkyl halides is 1. The van der Waals surface area contributed by atoms with Gasteiger partial charge in [-0.15, -0.1) is 11.6 Å². The number of rotatable bonds is 3. The van der Waals surface area contributed by atoms with Gasteiger partial charge in [0.05, 0.1) is 11.1 Å². The molecule has 17 heavy (non-hydrogen) atoms. The molecule has 1 aliphatic heterocycles. The largest absolute Gasteiger partial charge is 0.274 e. The fourth-order valence-electron chi connectivity index (χ4n) is 1.82. The van der Waals surface area contributed by atoms with Gasteiger partial charge in [0, 0.05) is 11.4 Å². The second kappa shape index (κ2) is 4.15. The standard InChI is InChI=1S/C13H14ClNO2/c1-13(2,14)7-8-15-11(16)9-5-3-4-6-10(9)12(15)17/h3-6H,7-8H2,1-2H3. The van der Waals surface area contributed by atoms with E-state index in [9.17, 15) is 9.59 Å². The van der Waals surface area contributed by atoms with Crippen LogP contribution in [0.3, 0.4) is 0 Å². The third kappa shape index (κ3) is 2.34. The summed E-state index contributed by atoms with van der Waals surface area (Å²) >= 11 is 6.07. The van der Waals surface area contributed by atoms with Crippen molar-refractivity contribution in [1.29, 1.82) is 0 Å². The Hall–Kier alpha value is -1.35. The fourth-order valence-corrected chi connectivity index (χ4v) is 1.90. The van der Waals surface area contributed by atoms with Crippen LogP contribution < -0.4 is 0 Å². The van der Waals surface area contributed by atoms with Crippen molar-refractivity contribution in [3.05, 3.63) is 35.4 Å². The highest BCUT2D eigenvalue weighted by Gasteiger charge is 2.35. The highest BCUT2D eigenvalue weighted by atomic mass is 35.5. The second-order valence-electron chi connectivity index (χ2n) is 4.78. The number of nitrogens with zero attached hydrogens (tertiary/aromatic N) is 1. The number of hydrogen-bond donors (Lipinski definition) is 0. The van der Waals surface area contributed by atoms with Crippen molar-refractivity contribution in [2.45, 2.75) is 25.1 Å². The molecule has 0 spiro atoms. The van der Waals surface area contributed by atoms with Crippen LogP contribution in [0.25, 0.3) is 0 Å². The maximum atomic E-state index is 12.0. The van der Waals surface area contributed by atoms with E-state index in [0.717, 1.165) is 0 Å². The molecule has 1 aromatic rings. The van der Waals surface area contributed by atoms with Crippen LogP contribution >= 0.6 is 11.6 Å². The first-order valence-electron chi connectivity index (χ1n) is 5.54. The van der Waals surface area contributed by atoms with E-state index in [1.54, 1.807) is 24.3 Å². The summed E-state index contributed by atoms with van der Waals surface area (Å²) in [5.74, 6) is -0.432. The fraction of sp³-hybridized carbons (Fsp3) is 0.385. The Kier molecular flexibility index (Phi) is 2.96. The van der Waals surface area contributed by atoms with E-state index in [1.165, 1.54) is 4.90 Å². The van der Waals surface area contributed by atoms with Gasteiger partial charge < -0.3 is 0 Å². The summed E-state index contributed by atoms with van der Waals surface area (Å²) < 4.78 is 0. The van der Waals surface area contributed by atoms with Crippen LogP contribution in [-0.2, 0) is 0 Å². The Balaban J connectivity index is 2.19. The van der Waals surface area contributed by atoms with Gasteiger partial charge in [-0.3, -0.25) is 14.5 Å². The normalized spacial score (nSPS) is 15.4. The summed E-state index contributed by atoms with van der Waals surface area (Å²) in [6.45, 7) is 4.10. The molecule has 1 aromatic carbocycles. The van der Waals surface area contributed by atoms with Crippen LogP contribution in [0.2, 0.25) is 0 Å². The van der Waals surface area contributed by atoms with Crippen LogP contribution in [0, 0.1) is 0 Å². The van der Waals surface area contributed by atoms with Gasteiger partial charge in [0.25, 0.3) is 11.8 Å². The molecule has 0 atom stereocenters. The average molecular weight is 252 g/mol. The molecule has 1 aliphatic rings. The van der Waals surface area contributed by atoms with Crippen LogP contribution in [0.4, 0.5) is 0 Å². The van der Waals surface area contributed by atoms with Crippen molar-refractivity contribution in [2.75, 3.05) is 6.54 Å². The minimum Gasteiger partial charge on any atom is -0.274 e. The van der Waals surface area contributed by atoms with E-state index in [-0.39, 0.29) is 11.8 Å². The Labute approximate surface area is 105 Å². The third-order valence-electron chi connectivity index (χ3n) is 2.81. The van der Waals surface area contributed by atoms with E-state index in [2.05, 4.69) is 0 Å². The maximum absolute atomic E-state index is 12.0. The van der Waals surface area contributed by atoms with Crippen LogP contribution in [0.15, 0.2) is 24.3 Å². The number of carbonyl (C=O) groups is 2. The quantitative estimate of drug-likeness (QED) is 0.612. The Morgan fingerprint density at radius 1 is 1.12 bits per heavy atom. The lowest BCUT2D eigenvalue weighted by atomic mass is 10.1. The van der Waals surface area contributed by atoms with E-state index in [4.69, 9.17) is 11.6 Å². The van der Waals surface area contributed by atoms with Crippen molar-refractivity contribution in [3.63, 3.8) is 0 Å². The zero-order valence-electron chi connectivity index (χ0n) is 9.87. The predicted molar refractivity (Wildman–Crippen MR) is 66.4 cm³/mol. The van der Waals surface area contributed by atoms with Crippen LogP contribution in [0.1, 0.15) is 41.0 Å². The van der Waals surface area contributed by atoms with Crippen molar-refractivity contribution >= 4 is 23.4 Å². The highest BCUT2D eigenvalue weighted by Crippen LogP contribution is 2.25. The van der Waals surface area contributed by atoms with Gasteiger partial charge in [-0.25, -0.2) is 0 Å². The topological polar surface area (TPSA) is 37.4 Å². The van der Waals surface area contributed by atoms with Gasteiger partial charge in [0.15, 0.2) is 0 Å². The Morgan fingerprint density at radius 3 is 2.00 bits per heavy atom. The molecule has 0 radical (unpaired) electrons. The maximum Gasteiger partial charge on any atom is 0.261 e. The molecule has 0 aromatic heterocycles. The summed E-state index contributed by atoms with van der Waals surface area (Å²) in [6, 6.07) is 6.89. The summed E-state index contributed by atoms with van der Waals surface area (Å²) in [5.41, 5.74) is 0.981. The van der Waals surface area contributed by atoms with Crippen LogP contribution in [0.5, 0.6) is 0 Å². The lowest BCUT2D eigenvalue weighted by Gasteiger charge is -2.20. The Morgan fingerprint density at radius 2 is 1.59 bits per heavy atom. The van der Waals surface area contributed by atoms with Crippen LogP contribution in [-0.4, -0.2) is 28.1 Å². The van der Waals surface area contributed by atoms with Gasteiger partial charge in [-0.05, 0) is 32.4 Å². The number of carbonyl (C=O) groups excluding carboxylic acids is 2. The molecule has 2 amide bonds. The summed E-state index contributed by atoms with van der Waals surface area (Å²) in [5, 5.41) is 0. The molecule has 1 heterocycles. The first-order chi connectivity index (χ1) is 7.90. The van der Waals surface area contributed by atoms with E-state index in [1.807, 2.05) is 13.8 Å². The molecule has 0 N–H and O–H groups in total. The zero-order chi connectivity index (χ0) is 12.6. The van der Waals surface area contributed by atoms with Crippen molar-refractivity contribution in [1.82, 2.24) is 4.90 Å². The monoisotopic (exact) mass is 251 g/mol. The van der Waals surface area contributed by atoms with Crippen molar-refractivity contribution in [3.8, 4) is 0 Å². The van der Waals surface area contributed by atoms with Gasteiger partial charge >= 0.3 is 0 Å². The van der Waals surface area contributed by atoms with E-state index >= 15 is 0 Å². The molecule has 3 nitrogen and oxygen atoms in total. The molecule has 0 saturated heterocycles. The molecule has 0 aliphatic carbocycles. The van der Waals surface area contributed by atoms with Gasteiger partial charge in [0.2, 0.25) is 0 Å². The number of amides is 2. The lowest BCUT2D eigenvalue weighted by molar-refractivity contribution is 0.0649. The predicted octanol–water partition coefficient (Wildman–Crippen LogP) is 2.69. The average Bonchev–Trinajstić information content (AvgIpc) is 2.49. The zero-order valence-corrected chi connectivity index (χ0v) is 10.6. The number of imide groups is 1. The van der Waals surface area contributed by atoms with E-state index < -0.39 is 4.87 Å². The Bertz CT molecular complexity index is 442. The first-order valence-corrected chi connectivity index (χ1v) is 5.92. The minimum absolute atomic E-state index is 0.216. The molecule has 2 rings (SSSR count). The lowest BCUT2D eigenvalue weighted by Crippen LogP contribution is -2.33. The summed E-state index contributed by atoms with van der Waals surface area (Å²) in [4.78, 5) is 24.8. The molecule has 0 bridgehead atoms. The van der Waals surface area contributed by atoms with E-state index in [0.29, 0.717) is 24.1 Å². The molecular formula is C13H14ClNO2. The molecular weight excluding hydrogens is 238 g/mol. The van der Waals surface area contributed by atoms with Gasteiger partial charge in [-0.1, -0.05) is 12.1 Å². The van der Waals surface area contributed by atoms with Gasteiger partial charge in [0.1, 0.15) is 0 Å². The van der Waals surface area contributed by atoms with Crippen molar-refractivity contribution in [2.24, 2.45) is 0 Å². The van der Waals surface area contributed by atoms with Gasteiger partial charge in [-0.2, -0.15) is 0 Å². The number of fused-ring (bicyclic) bond motifs is 1. The summed E-state index contributed by atoms with van der Waals surface area (Å²) in [6.07, 6.45) is 0.583. The molecule has 0 saturated carbocycles. The van der Waals surface area contributed by atoms with Crippen molar-refractivity contribution < 1.29 is 9.59 Å². The molecule has 0 unspecified atom stereocenters. The second-order valence-corrected chi connectivity index (χ2v) is 5.80. The smallest absolute Gasteiger partial charge is 0.261 e. The number of hydrogen-bond acceptors (Lipinski definition) is 2.